The van der Waals surface area contributed by atoms with Crippen LogP contribution in [0.3, 0.4) is 0 Å². The highest BCUT2D eigenvalue weighted by atomic mass is 79.9. The number of rotatable bonds is 0. The van der Waals surface area contributed by atoms with Crippen LogP contribution in [0, 0.1) is 0 Å². The average molecular weight is 220 g/mol. The van der Waals surface area contributed by atoms with E-state index < -0.39 is 0 Å². The number of alkyl halides is 3. The third-order valence-corrected chi connectivity index (χ3v) is 2.28. The van der Waals surface area contributed by atoms with Gasteiger partial charge in [0.25, 0.3) is 0 Å². The van der Waals surface area contributed by atoms with E-state index in [9.17, 15) is 0 Å². The minimum Gasteiger partial charge on any atom is -0.274 e. The van der Waals surface area contributed by atoms with Crippen molar-refractivity contribution in [2.24, 2.45) is 0 Å². The minimum atomic E-state index is -0.180. The van der Waals surface area contributed by atoms with Gasteiger partial charge in [0.05, 0.1) is 0 Å². The van der Waals surface area contributed by atoms with Crippen LogP contribution in [0.25, 0.3) is 0 Å². The lowest BCUT2D eigenvalue weighted by molar-refractivity contribution is 0.744. The quantitative estimate of drug-likeness (QED) is 0.469. The molecule has 2 nitrogen and oxygen atoms in total. The van der Waals surface area contributed by atoms with E-state index in [-0.39, 0.29) is 16.1 Å². The Morgan fingerprint density at radius 3 is 1.62 bits per heavy atom. The molecule has 2 unspecified atom stereocenters. The van der Waals surface area contributed by atoms with Gasteiger partial charge in [0.1, 0.15) is 16.1 Å². The maximum Gasteiger partial charge on any atom is 0.117 e. The van der Waals surface area contributed by atoms with Crippen LogP contribution in [0.5, 0.6) is 0 Å². The van der Waals surface area contributed by atoms with Crippen LogP contribution in [0.4, 0.5) is 0 Å². The molecule has 0 aromatic rings. The molecule has 0 aliphatic carbocycles. The highest BCUT2D eigenvalue weighted by molar-refractivity contribution is 9.09. The summed E-state index contributed by atoms with van der Waals surface area (Å²) in [6.45, 7) is 0. The van der Waals surface area contributed by atoms with E-state index in [4.69, 9.17) is 23.2 Å². The van der Waals surface area contributed by atoms with Crippen molar-refractivity contribution < 1.29 is 0 Å². The molecule has 0 amide bonds. The van der Waals surface area contributed by atoms with E-state index in [1.54, 1.807) is 0 Å². The first-order chi connectivity index (χ1) is 3.70. The fourth-order valence-electron chi connectivity index (χ4n) is 0.497. The largest absolute Gasteiger partial charge is 0.274 e. The Hall–Kier alpha value is 0.980. The van der Waals surface area contributed by atoms with Gasteiger partial charge in [-0.25, -0.2) is 0 Å². The van der Waals surface area contributed by atoms with Gasteiger partial charge in [-0.2, -0.15) is 0 Å². The van der Waals surface area contributed by atoms with Crippen molar-refractivity contribution in [2.45, 2.75) is 16.1 Å². The normalized spacial score (nSPS) is 47.6. The van der Waals surface area contributed by atoms with Gasteiger partial charge in [-0.3, -0.25) is 10.6 Å². The molecule has 0 aromatic heterocycles. The molecular weight excluding hydrogens is 215 g/mol. The molecule has 0 spiro atoms. The lowest BCUT2D eigenvalue weighted by Crippen LogP contribution is -2.24. The van der Waals surface area contributed by atoms with Crippen LogP contribution >= 0.6 is 39.1 Å². The van der Waals surface area contributed by atoms with Gasteiger partial charge >= 0.3 is 0 Å². The van der Waals surface area contributed by atoms with E-state index >= 15 is 0 Å². The Morgan fingerprint density at radius 2 is 1.50 bits per heavy atom. The van der Waals surface area contributed by atoms with Gasteiger partial charge in [0.2, 0.25) is 0 Å². The van der Waals surface area contributed by atoms with Crippen LogP contribution in [0.15, 0.2) is 0 Å². The van der Waals surface area contributed by atoms with Crippen LogP contribution in [0.1, 0.15) is 0 Å². The Balaban J connectivity index is 2.39. The van der Waals surface area contributed by atoms with Crippen LogP contribution in [0.2, 0.25) is 0 Å². The Kier molecular flexibility index (Phi) is 2.40. The van der Waals surface area contributed by atoms with Gasteiger partial charge < -0.3 is 0 Å². The summed E-state index contributed by atoms with van der Waals surface area (Å²) in [6, 6.07) is 0. The smallest absolute Gasteiger partial charge is 0.117 e. The standard InChI is InChI=1S/C3H5BrCl2N2/c4-3-7-1(5)2(6)8-3/h1-3,7-8H. The predicted octanol–water partition coefficient (Wildman–Crippen LogP) is 0.988. The molecule has 5 heteroatoms. The summed E-state index contributed by atoms with van der Waals surface area (Å²) in [5.41, 5.74) is -0.359. The zero-order chi connectivity index (χ0) is 6.15. The molecule has 0 aromatic carbocycles. The van der Waals surface area contributed by atoms with Gasteiger partial charge in [0, 0.05) is 0 Å². The van der Waals surface area contributed by atoms with Gasteiger partial charge in [-0.1, -0.05) is 15.9 Å². The number of nitrogens with one attached hydrogen (secondary N) is 2. The molecule has 8 heavy (non-hydrogen) atoms. The van der Waals surface area contributed by atoms with Gasteiger partial charge in [0.15, 0.2) is 0 Å². The van der Waals surface area contributed by atoms with E-state index in [1.807, 2.05) is 0 Å². The minimum absolute atomic E-state index is 0.0486. The predicted molar refractivity (Wildman–Crippen MR) is 38.3 cm³/mol. The second-order valence-electron chi connectivity index (χ2n) is 1.50. The summed E-state index contributed by atoms with van der Waals surface area (Å²) in [5.74, 6) is 0. The van der Waals surface area contributed by atoms with Crippen molar-refractivity contribution in [1.82, 2.24) is 10.6 Å². The Morgan fingerprint density at radius 1 is 1.12 bits per heavy atom. The highest BCUT2D eigenvalue weighted by Gasteiger charge is 2.27. The molecule has 1 fully saturated rings. The molecule has 0 saturated carbocycles. The van der Waals surface area contributed by atoms with Crippen molar-refractivity contribution in [2.75, 3.05) is 0 Å². The molecular formula is C3H5BrCl2N2. The molecule has 1 aliphatic heterocycles. The Labute approximate surface area is 66.0 Å². The molecule has 48 valence electrons. The summed E-state index contributed by atoms with van der Waals surface area (Å²) >= 11 is 14.5. The van der Waals surface area contributed by atoms with Crippen LogP contribution in [-0.2, 0) is 0 Å². The van der Waals surface area contributed by atoms with Crippen LogP contribution in [-0.4, -0.2) is 16.1 Å². The lowest BCUT2D eigenvalue weighted by Gasteiger charge is -1.99. The number of hydrogen-bond acceptors (Lipinski definition) is 2. The molecule has 0 bridgehead atoms. The molecule has 2 atom stereocenters. The lowest BCUT2D eigenvalue weighted by atomic mass is 10.7. The van der Waals surface area contributed by atoms with Crippen LogP contribution < -0.4 is 10.6 Å². The Bertz CT molecular complexity index is 81.4. The summed E-state index contributed by atoms with van der Waals surface area (Å²) < 4.78 is 0. The average Bonchev–Trinajstić information content (AvgIpc) is 1.85. The fraction of sp³-hybridized carbons (Fsp3) is 1.00. The highest BCUT2D eigenvalue weighted by Crippen LogP contribution is 2.14. The second-order valence-corrected chi connectivity index (χ2v) is 3.36. The van der Waals surface area contributed by atoms with Crippen molar-refractivity contribution in [3.05, 3.63) is 0 Å². The first-order valence-corrected chi connectivity index (χ1v) is 3.93. The summed E-state index contributed by atoms with van der Waals surface area (Å²) in [7, 11) is 0. The fourth-order valence-corrected chi connectivity index (χ4v) is 1.77. The topological polar surface area (TPSA) is 24.1 Å². The van der Waals surface area contributed by atoms with E-state index in [0.29, 0.717) is 0 Å². The van der Waals surface area contributed by atoms with E-state index in [2.05, 4.69) is 26.6 Å². The van der Waals surface area contributed by atoms with Gasteiger partial charge in [-0.15, -0.1) is 23.2 Å². The summed E-state index contributed by atoms with van der Waals surface area (Å²) in [5, 5.41) is 5.86. The zero-order valence-electron chi connectivity index (χ0n) is 3.87. The number of hydrogen-bond donors (Lipinski definition) is 2. The molecule has 1 saturated heterocycles. The SMILES string of the molecule is ClC1NC(Br)NC1Cl. The van der Waals surface area contributed by atoms with E-state index in [1.165, 1.54) is 0 Å². The molecule has 1 aliphatic rings. The maximum atomic E-state index is 5.62. The summed E-state index contributed by atoms with van der Waals surface area (Å²) in [6.07, 6.45) is 0. The monoisotopic (exact) mass is 218 g/mol. The van der Waals surface area contributed by atoms with E-state index in [0.717, 1.165) is 0 Å². The second kappa shape index (κ2) is 2.71. The third-order valence-electron chi connectivity index (χ3n) is 0.868. The van der Waals surface area contributed by atoms with Crippen molar-refractivity contribution >= 4 is 39.1 Å². The number of halogens is 3. The van der Waals surface area contributed by atoms with Crippen molar-refractivity contribution in [3.63, 3.8) is 0 Å². The first kappa shape index (κ1) is 7.09. The molecule has 0 radical (unpaired) electrons. The molecule has 2 N–H and O–H groups in total. The maximum absolute atomic E-state index is 5.62. The van der Waals surface area contributed by atoms with Crippen molar-refractivity contribution in [1.29, 1.82) is 0 Å². The van der Waals surface area contributed by atoms with Gasteiger partial charge in [-0.05, 0) is 0 Å². The first-order valence-electron chi connectivity index (χ1n) is 2.14. The third kappa shape index (κ3) is 1.48. The molecule has 1 heterocycles. The zero-order valence-corrected chi connectivity index (χ0v) is 6.96. The summed E-state index contributed by atoms with van der Waals surface area (Å²) in [4.78, 5) is 0. The molecule has 1 rings (SSSR count). The van der Waals surface area contributed by atoms with Crippen molar-refractivity contribution in [3.8, 4) is 0 Å².